The number of likely N-dealkylation sites (tertiary alicyclic amines) is 1. The van der Waals surface area contributed by atoms with Crippen LogP contribution in [0.5, 0.6) is 0 Å². The van der Waals surface area contributed by atoms with Gasteiger partial charge in [0.15, 0.2) is 0 Å². The smallest absolute Gasteiger partial charge is 0.272 e. The Balaban J connectivity index is 1.34. The molecule has 168 valence electrons. The highest BCUT2D eigenvalue weighted by atomic mass is 31.1. The third-order valence-corrected chi connectivity index (χ3v) is 8.85. The SMILES string of the molecule is N#C/N=C(\N1CCC1)N1CCP(c2cc(Cc3n[nH]c(=O)c4ccccc34)ccc2F)CC1. The summed E-state index contributed by atoms with van der Waals surface area (Å²) in [4.78, 5) is 20.4. The van der Waals surface area contributed by atoms with Gasteiger partial charge in [0.2, 0.25) is 12.2 Å². The summed E-state index contributed by atoms with van der Waals surface area (Å²) in [7, 11) is -0.636. The number of nitrogens with zero attached hydrogens (tertiary/aromatic N) is 5. The number of rotatable bonds is 3. The monoisotopic (exact) mass is 462 g/mol. The van der Waals surface area contributed by atoms with Crippen molar-refractivity contribution in [2.24, 2.45) is 4.99 Å². The number of aromatic amines is 1. The van der Waals surface area contributed by atoms with Gasteiger partial charge in [-0.15, -0.1) is 4.99 Å². The Morgan fingerprint density at radius 1 is 1.12 bits per heavy atom. The van der Waals surface area contributed by atoms with Crippen molar-refractivity contribution in [3.05, 3.63) is 69.9 Å². The Morgan fingerprint density at radius 3 is 2.55 bits per heavy atom. The standard InChI is InChI=1S/C24H24FN6OP/c25-20-7-6-17(14-21-18-4-1-2-5-19(18)23(32)29-28-21)15-22(20)33-12-10-31(11-13-33)24(27-16-26)30-8-3-9-30/h1-2,4-7,15H,3,8-14H2,(H,29,32)/b27-24+. The van der Waals surface area contributed by atoms with Gasteiger partial charge in [0.05, 0.1) is 11.1 Å². The summed E-state index contributed by atoms with van der Waals surface area (Å²) >= 11 is 0. The van der Waals surface area contributed by atoms with Crippen molar-refractivity contribution < 1.29 is 4.39 Å². The summed E-state index contributed by atoms with van der Waals surface area (Å²) in [5, 5.41) is 18.1. The number of nitrogens with one attached hydrogen (secondary N) is 1. The van der Waals surface area contributed by atoms with E-state index in [0.717, 1.165) is 72.8 Å². The third-order valence-electron chi connectivity index (χ3n) is 6.35. The first-order chi connectivity index (χ1) is 16.1. The molecule has 0 radical (unpaired) electrons. The molecule has 0 bridgehead atoms. The molecule has 2 aliphatic heterocycles. The lowest BCUT2D eigenvalue weighted by Gasteiger charge is -2.42. The Morgan fingerprint density at radius 2 is 1.85 bits per heavy atom. The average Bonchev–Trinajstić information content (AvgIpc) is 2.81. The van der Waals surface area contributed by atoms with Gasteiger partial charge < -0.3 is 9.80 Å². The molecule has 3 heterocycles. The maximum atomic E-state index is 14.8. The van der Waals surface area contributed by atoms with E-state index in [9.17, 15) is 9.18 Å². The van der Waals surface area contributed by atoms with Crippen LogP contribution in [0.15, 0.2) is 52.3 Å². The minimum absolute atomic E-state index is 0.161. The molecule has 2 aliphatic rings. The largest absolute Gasteiger partial charge is 0.342 e. The number of hydrogen-bond acceptors (Lipinski definition) is 4. The molecule has 0 unspecified atom stereocenters. The Hall–Kier alpha value is -3.30. The van der Waals surface area contributed by atoms with Crippen molar-refractivity contribution in [2.45, 2.75) is 12.8 Å². The first-order valence-electron chi connectivity index (χ1n) is 11.1. The molecule has 0 spiro atoms. The normalized spacial score (nSPS) is 17.2. The molecule has 2 saturated heterocycles. The van der Waals surface area contributed by atoms with Gasteiger partial charge in [-0.1, -0.05) is 32.2 Å². The average molecular weight is 462 g/mol. The summed E-state index contributed by atoms with van der Waals surface area (Å²) in [5.74, 6) is 0.606. The predicted octanol–water partition coefficient (Wildman–Crippen LogP) is 2.62. The van der Waals surface area contributed by atoms with Gasteiger partial charge in [0.1, 0.15) is 5.82 Å². The van der Waals surface area contributed by atoms with Crippen LogP contribution in [0.2, 0.25) is 0 Å². The highest BCUT2D eigenvalue weighted by Gasteiger charge is 2.29. The van der Waals surface area contributed by atoms with Crippen LogP contribution in [0, 0.1) is 17.3 Å². The first kappa shape index (κ1) is 21.5. The Kier molecular flexibility index (Phi) is 6.06. The number of H-pyrrole nitrogens is 1. The number of hydrogen-bond donors (Lipinski definition) is 1. The minimum atomic E-state index is -0.636. The van der Waals surface area contributed by atoms with E-state index in [1.165, 1.54) is 0 Å². The highest BCUT2D eigenvalue weighted by Crippen LogP contribution is 2.38. The molecule has 0 amide bonds. The molecular formula is C24H24FN6OP. The second kappa shape index (κ2) is 9.29. The highest BCUT2D eigenvalue weighted by molar-refractivity contribution is 7.65. The molecule has 5 rings (SSSR count). The number of aliphatic imine (C=N–C) groups is 1. The summed E-state index contributed by atoms with van der Waals surface area (Å²) in [6.45, 7) is 3.43. The van der Waals surface area contributed by atoms with E-state index in [2.05, 4.69) is 25.0 Å². The van der Waals surface area contributed by atoms with Gasteiger partial charge >= 0.3 is 0 Å². The van der Waals surface area contributed by atoms with Crippen LogP contribution in [-0.2, 0) is 6.42 Å². The van der Waals surface area contributed by atoms with Crippen molar-refractivity contribution in [3.8, 4) is 6.19 Å². The van der Waals surface area contributed by atoms with Crippen molar-refractivity contribution in [1.82, 2.24) is 20.0 Å². The van der Waals surface area contributed by atoms with Gasteiger partial charge in [-0.05, 0) is 42.5 Å². The van der Waals surface area contributed by atoms with Gasteiger partial charge in [0.25, 0.3) is 5.56 Å². The Bertz CT molecular complexity index is 1300. The van der Waals surface area contributed by atoms with Crippen molar-refractivity contribution in [2.75, 3.05) is 38.5 Å². The second-order valence-corrected chi connectivity index (χ2v) is 10.8. The maximum Gasteiger partial charge on any atom is 0.272 e. The van der Waals surface area contributed by atoms with E-state index in [1.54, 1.807) is 18.2 Å². The van der Waals surface area contributed by atoms with E-state index in [4.69, 9.17) is 5.26 Å². The minimum Gasteiger partial charge on any atom is -0.342 e. The molecule has 7 nitrogen and oxygen atoms in total. The lowest BCUT2D eigenvalue weighted by atomic mass is 10.0. The van der Waals surface area contributed by atoms with E-state index in [0.29, 0.717) is 11.8 Å². The predicted molar refractivity (Wildman–Crippen MR) is 129 cm³/mol. The molecule has 0 atom stereocenters. The van der Waals surface area contributed by atoms with E-state index >= 15 is 0 Å². The van der Waals surface area contributed by atoms with Crippen LogP contribution in [-0.4, -0.2) is 64.5 Å². The zero-order valence-electron chi connectivity index (χ0n) is 18.2. The number of aromatic nitrogens is 2. The van der Waals surface area contributed by atoms with E-state index in [-0.39, 0.29) is 11.4 Å². The Labute approximate surface area is 192 Å². The first-order valence-corrected chi connectivity index (χ1v) is 12.8. The fourth-order valence-corrected chi connectivity index (χ4v) is 6.86. The lowest BCUT2D eigenvalue weighted by molar-refractivity contribution is 0.251. The molecule has 2 aromatic carbocycles. The third kappa shape index (κ3) is 4.34. The van der Waals surface area contributed by atoms with Gasteiger partial charge in [-0.25, -0.2) is 9.49 Å². The summed E-state index contributed by atoms with van der Waals surface area (Å²) in [6.07, 6.45) is 5.32. The van der Waals surface area contributed by atoms with Gasteiger partial charge in [-0.3, -0.25) is 4.79 Å². The number of benzene rings is 2. The molecule has 9 heteroatoms. The van der Waals surface area contributed by atoms with Gasteiger partial charge in [0, 0.05) is 43.3 Å². The second-order valence-electron chi connectivity index (χ2n) is 8.33. The van der Waals surface area contributed by atoms with Gasteiger partial charge in [-0.2, -0.15) is 10.4 Å². The molecule has 0 aliphatic carbocycles. The van der Waals surface area contributed by atoms with Crippen molar-refractivity contribution in [3.63, 3.8) is 0 Å². The van der Waals surface area contributed by atoms with Crippen LogP contribution in [0.25, 0.3) is 10.8 Å². The summed E-state index contributed by atoms with van der Waals surface area (Å²) in [5.41, 5.74) is 1.55. The molecule has 0 saturated carbocycles. The molecule has 1 N–H and O–H groups in total. The van der Waals surface area contributed by atoms with Crippen molar-refractivity contribution in [1.29, 1.82) is 5.26 Å². The number of fused-ring (bicyclic) bond motifs is 1. The molecule has 2 fully saturated rings. The summed E-state index contributed by atoms with van der Waals surface area (Å²) < 4.78 is 14.8. The molecule has 3 aromatic rings. The van der Waals surface area contributed by atoms with Crippen LogP contribution in [0.4, 0.5) is 4.39 Å². The van der Waals surface area contributed by atoms with Crippen LogP contribution >= 0.6 is 7.92 Å². The van der Waals surface area contributed by atoms with E-state index < -0.39 is 7.92 Å². The molecular weight excluding hydrogens is 438 g/mol. The summed E-state index contributed by atoms with van der Waals surface area (Å²) in [6, 6.07) is 12.7. The number of nitriles is 1. The van der Waals surface area contributed by atoms with Crippen LogP contribution in [0.3, 0.4) is 0 Å². The molecule has 1 aromatic heterocycles. The fourth-order valence-electron chi connectivity index (χ4n) is 4.46. The van der Waals surface area contributed by atoms with Crippen LogP contribution in [0.1, 0.15) is 17.7 Å². The lowest BCUT2D eigenvalue weighted by Crippen LogP contribution is -2.53. The number of halogens is 1. The zero-order valence-corrected chi connectivity index (χ0v) is 19.1. The quantitative estimate of drug-likeness (QED) is 0.280. The molecule has 33 heavy (non-hydrogen) atoms. The maximum absolute atomic E-state index is 14.8. The zero-order chi connectivity index (χ0) is 22.8. The number of guanidine groups is 1. The fraction of sp³-hybridized carbons (Fsp3) is 0.333. The van der Waals surface area contributed by atoms with Crippen LogP contribution < -0.4 is 10.9 Å². The van der Waals surface area contributed by atoms with E-state index in [1.807, 2.05) is 30.5 Å². The topological polar surface area (TPSA) is 88.4 Å². The van der Waals surface area contributed by atoms with Crippen molar-refractivity contribution >= 4 is 30.0 Å².